The molecule has 1 aliphatic carbocycles. The second kappa shape index (κ2) is 7.82. The number of thiophene rings is 1. The van der Waals surface area contributed by atoms with E-state index in [1.54, 1.807) is 12.1 Å². The molecule has 0 unspecified atom stereocenters. The fourth-order valence-electron chi connectivity index (χ4n) is 3.14. The number of aryl methyl sites for hydroxylation is 2. The lowest BCUT2D eigenvalue weighted by Gasteiger charge is -2.11. The third-order valence-corrected chi connectivity index (χ3v) is 7.35. The summed E-state index contributed by atoms with van der Waals surface area (Å²) in [7, 11) is -2.47. The van der Waals surface area contributed by atoms with Crippen molar-refractivity contribution in [2.45, 2.75) is 37.5 Å². The van der Waals surface area contributed by atoms with Gasteiger partial charge in [0, 0.05) is 4.88 Å². The van der Waals surface area contributed by atoms with Gasteiger partial charge in [0.2, 0.25) is 5.91 Å². The number of hydrogen-bond donors (Lipinski definition) is 1. The molecule has 0 atom stereocenters. The van der Waals surface area contributed by atoms with Crippen LogP contribution in [-0.4, -0.2) is 33.2 Å². The summed E-state index contributed by atoms with van der Waals surface area (Å²) >= 11 is 1.33. The first-order valence-electron chi connectivity index (χ1n) is 8.64. The van der Waals surface area contributed by atoms with Gasteiger partial charge in [-0.25, -0.2) is 13.2 Å². The number of hydrogen-bond acceptors (Lipinski definition) is 6. The van der Waals surface area contributed by atoms with Crippen LogP contribution >= 0.6 is 11.3 Å². The monoisotopic (exact) mass is 407 g/mol. The van der Waals surface area contributed by atoms with Gasteiger partial charge >= 0.3 is 5.97 Å². The molecule has 0 saturated heterocycles. The van der Waals surface area contributed by atoms with Gasteiger partial charge in [-0.05, 0) is 50.3 Å². The zero-order valence-corrected chi connectivity index (χ0v) is 16.8. The summed E-state index contributed by atoms with van der Waals surface area (Å²) in [4.78, 5) is 25.8. The Balaban J connectivity index is 1.83. The lowest BCUT2D eigenvalue weighted by molar-refractivity contribution is -0.113. The Labute approximate surface area is 162 Å². The highest BCUT2D eigenvalue weighted by atomic mass is 32.2. The van der Waals surface area contributed by atoms with E-state index in [-0.39, 0.29) is 4.90 Å². The minimum atomic E-state index is -3.76. The van der Waals surface area contributed by atoms with Crippen molar-refractivity contribution in [2.75, 3.05) is 18.2 Å². The molecular formula is C19H21NO5S2. The molecule has 1 aromatic carbocycles. The standard InChI is InChI=1S/C19H21NO5S2/c1-12-7-9-13(10-8-12)27(23,24)11-16(21)20-18-17(19(22)25-2)14-5-3-4-6-15(14)26-18/h7-10H,3-6,11H2,1-2H3,(H,20,21). The number of benzene rings is 1. The van der Waals surface area contributed by atoms with Gasteiger partial charge in [-0.3, -0.25) is 4.79 Å². The first-order chi connectivity index (χ1) is 12.8. The summed E-state index contributed by atoms with van der Waals surface area (Å²) < 4.78 is 29.8. The van der Waals surface area contributed by atoms with Crippen molar-refractivity contribution in [1.82, 2.24) is 0 Å². The molecule has 3 rings (SSSR count). The highest BCUT2D eigenvalue weighted by molar-refractivity contribution is 7.92. The Kier molecular flexibility index (Phi) is 5.67. The lowest BCUT2D eigenvalue weighted by atomic mass is 9.95. The van der Waals surface area contributed by atoms with Crippen LogP contribution in [0.15, 0.2) is 29.2 Å². The summed E-state index contributed by atoms with van der Waals surface area (Å²) in [6, 6.07) is 6.35. The predicted molar refractivity (Wildman–Crippen MR) is 104 cm³/mol. The number of fused-ring (bicyclic) bond motifs is 1. The van der Waals surface area contributed by atoms with Crippen LogP contribution in [0, 0.1) is 6.92 Å². The summed E-state index contributed by atoms with van der Waals surface area (Å²) in [6.07, 6.45) is 3.61. The Morgan fingerprint density at radius 3 is 2.48 bits per heavy atom. The molecular weight excluding hydrogens is 386 g/mol. The van der Waals surface area contributed by atoms with Crippen LogP contribution < -0.4 is 5.32 Å². The van der Waals surface area contributed by atoms with Crippen LogP contribution in [0.4, 0.5) is 5.00 Å². The van der Waals surface area contributed by atoms with E-state index in [1.165, 1.54) is 30.6 Å². The van der Waals surface area contributed by atoms with Crippen molar-refractivity contribution in [2.24, 2.45) is 0 Å². The van der Waals surface area contributed by atoms with E-state index in [9.17, 15) is 18.0 Å². The van der Waals surface area contributed by atoms with Gasteiger partial charge in [-0.15, -0.1) is 11.3 Å². The second-order valence-corrected chi connectivity index (χ2v) is 9.62. The molecule has 6 nitrogen and oxygen atoms in total. The quantitative estimate of drug-likeness (QED) is 0.769. The number of nitrogens with one attached hydrogen (secondary N) is 1. The van der Waals surface area contributed by atoms with E-state index in [4.69, 9.17) is 4.74 Å². The number of amides is 1. The molecule has 27 heavy (non-hydrogen) atoms. The van der Waals surface area contributed by atoms with Gasteiger partial charge in [0.25, 0.3) is 0 Å². The molecule has 8 heteroatoms. The zero-order chi connectivity index (χ0) is 19.6. The maximum absolute atomic E-state index is 12.5. The van der Waals surface area contributed by atoms with Crippen LogP contribution in [0.5, 0.6) is 0 Å². The topological polar surface area (TPSA) is 89.5 Å². The number of esters is 1. The maximum atomic E-state index is 12.5. The molecule has 0 fully saturated rings. The molecule has 0 saturated carbocycles. The van der Waals surface area contributed by atoms with Crippen molar-refractivity contribution in [3.05, 3.63) is 45.8 Å². The largest absolute Gasteiger partial charge is 0.465 e. The van der Waals surface area contributed by atoms with Crippen LogP contribution in [0.1, 0.15) is 39.2 Å². The Morgan fingerprint density at radius 2 is 1.81 bits per heavy atom. The summed E-state index contributed by atoms with van der Waals surface area (Å²) in [6.45, 7) is 1.86. The minimum Gasteiger partial charge on any atom is -0.465 e. The normalized spacial score (nSPS) is 13.7. The molecule has 0 aliphatic heterocycles. The van der Waals surface area contributed by atoms with E-state index in [1.807, 2.05) is 6.92 Å². The molecule has 2 aromatic rings. The van der Waals surface area contributed by atoms with Crippen molar-refractivity contribution in [1.29, 1.82) is 0 Å². The van der Waals surface area contributed by atoms with Crippen LogP contribution in [0.2, 0.25) is 0 Å². The first-order valence-corrected chi connectivity index (χ1v) is 11.1. The number of methoxy groups -OCH3 is 1. The molecule has 0 spiro atoms. The van der Waals surface area contributed by atoms with Gasteiger partial charge in [0.1, 0.15) is 10.8 Å². The Morgan fingerprint density at radius 1 is 1.15 bits per heavy atom. The maximum Gasteiger partial charge on any atom is 0.341 e. The highest BCUT2D eigenvalue weighted by Gasteiger charge is 2.28. The smallest absolute Gasteiger partial charge is 0.341 e. The second-order valence-electron chi connectivity index (χ2n) is 6.53. The number of ether oxygens (including phenoxy) is 1. The third kappa shape index (κ3) is 4.22. The Bertz CT molecular complexity index is 974. The van der Waals surface area contributed by atoms with Gasteiger partial charge in [-0.1, -0.05) is 17.7 Å². The SMILES string of the molecule is COC(=O)c1c(NC(=O)CS(=O)(=O)c2ccc(C)cc2)sc2c1CCCC2. The molecule has 1 N–H and O–H groups in total. The summed E-state index contributed by atoms with van der Waals surface area (Å²) in [5.74, 6) is -1.86. The van der Waals surface area contributed by atoms with Crippen molar-refractivity contribution in [3.63, 3.8) is 0 Å². The van der Waals surface area contributed by atoms with E-state index in [2.05, 4.69) is 5.32 Å². The molecule has 1 amide bonds. The third-order valence-electron chi connectivity index (χ3n) is 4.51. The average Bonchev–Trinajstić information content (AvgIpc) is 2.98. The number of sulfone groups is 1. The fourth-order valence-corrected chi connectivity index (χ4v) is 5.56. The van der Waals surface area contributed by atoms with E-state index in [0.29, 0.717) is 10.6 Å². The molecule has 0 radical (unpaired) electrons. The van der Waals surface area contributed by atoms with Gasteiger partial charge < -0.3 is 10.1 Å². The first kappa shape index (κ1) is 19.6. The van der Waals surface area contributed by atoms with Gasteiger partial charge in [0.15, 0.2) is 9.84 Å². The van der Waals surface area contributed by atoms with Crippen LogP contribution in [-0.2, 0) is 32.2 Å². The number of anilines is 1. The van der Waals surface area contributed by atoms with Crippen molar-refractivity contribution >= 4 is 38.1 Å². The van der Waals surface area contributed by atoms with Gasteiger partial charge in [0.05, 0.1) is 17.6 Å². The molecule has 1 aromatic heterocycles. The molecule has 144 valence electrons. The van der Waals surface area contributed by atoms with E-state index < -0.39 is 27.5 Å². The van der Waals surface area contributed by atoms with E-state index >= 15 is 0 Å². The number of carbonyl (C=O) groups is 2. The summed E-state index contributed by atoms with van der Waals surface area (Å²) in [5, 5.41) is 2.99. The zero-order valence-electron chi connectivity index (χ0n) is 15.2. The number of rotatable bonds is 5. The molecule has 0 bridgehead atoms. The minimum absolute atomic E-state index is 0.0990. The van der Waals surface area contributed by atoms with Crippen LogP contribution in [0.3, 0.4) is 0 Å². The van der Waals surface area contributed by atoms with E-state index in [0.717, 1.165) is 41.7 Å². The van der Waals surface area contributed by atoms with Crippen molar-refractivity contribution in [3.8, 4) is 0 Å². The highest BCUT2D eigenvalue weighted by Crippen LogP contribution is 2.38. The fraction of sp³-hybridized carbons (Fsp3) is 0.368. The Hall–Kier alpha value is -2.19. The predicted octanol–water partition coefficient (Wildman–Crippen LogP) is 3.13. The van der Waals surface area contributed by atoms with Crippen LogP contribution in [0.25, 0.3) is 0 Å². The molecule has 1 heterocycles. The lowest BCUT2D eigenvalue weighted by Crippen LogP contribution is -2.23. The summed E-state index contributed by atoms with van der Waals surface area (Å²) in [5.41, 5.74) is 2.21. The average molecular weight is 408 g/mol. The van der Waals surface area contributed by atoms with Gasteiger partial charge in [-0.2, -0.15) is 0 Å². The molecule has 1 aliphatic rings. The number of carbonyl (C=O) groups excluding carboxylic acids is 2. The van der Waals surface area contributed by atoms with Crippen molar-refractivity contribution < 1.29 is 22.7 Å².